The minimum absolute atomic E-state index is 0.145. The fraction of sp³-hybridized carbons (Fsp3) is 0.450. The molecule has 0 aromatic carbocycles. The van der Waals surface area contributed by atoms with E-state index in [0.717, 1.165) is 37.0 Å². The predicted octanol–water partition coefficient (Wildman–Crippen LogP) is 2.46. The monoisotopic (exact) mass is 369 g/mol. The lowest BCUT2D eigenvalue weighted by atomic mass is 10.2. The summed E-state index contributed by atoms with van der Waals surface area (Å²) in [7, 11) is 0. The van der Waals surface area contributed by atoms with E-state index >= 15 is 0 Å². The molecule has 1 aliphatic heterocycles. The molecule has 1 saturated heterocycles. The molecule has 1 atom stereocenters. The molecule has 0 bridgehead atoms. The largest absolute Gasteiger partial charge is 0.369 e. The van der Waals surface area contributed by atoms with Gasteiger partial charge in [0.05, 0.1) is 18.8 Å². The molecule has 2 aromatic heterocycles. The van der Waals surface area contributed by atoms with Gasteiger partial charge in [0, 0.05) is 32.4 Å². The lowest BCUT2D eigenvalue weighted by molar-refractivity contribution is -0.134. The molecule has 1 fully saturated rings. The summed E-state index contributed by atoms with van der Waals surface area (Å²) >= 11 is 0. The number of carbonyl (C=O) groups is 1. The summed E-state index contributed by atoms with van der Waals surface area (Å²) in [6, 6.07) is 11.5. The van der Waals surface area contributed by atoms with Crippen LogP contribution in [0.15, 0.2) is 42.6 Å². The first-order valence-electron chi connectivity index (χ1n) is 9.46. The van der Waals surface area contributed by atoms with Crippen molar-refractivity contribution in [3.63, 3.8) is 0 Å². The number of amides is 1. The number of pyridine rings is 2. The number of hydrogen-bond donors (Lipinski definition) is 1. The molecule has 0 aliphatic carbocycles. The number of anilines is 2. The van der Waals surface area contributed by atoms with Crippen LogP contribution in [0.5, 0.6) is 0 Å². The SMILES string of the molecule is CCN(CC)C(=O)CN1CCO[C@H](c2cccc(Nc3ccccn3)n2)C1. The van der Waals surface area contributed by atoms with Gasteiger partial charge in [0.25, 0.3) is 0 Å². The zero-order valence-corrected chi connectivity index (χ0v) is 16.0. The van der Waals surface area contributed by atoms with Crippen LogP contribution in [-0.4, -0.2) is 65.0 Å². The number of rotatable bonds is 7. The molecule has 0 spiro atoms. The van der Waals surface area contributed by atoms with Crippen LogP contribution in [0.2, 0.25) is 0 Å². The van der Waals surface area contributed by atoms with E-state index in [1.54, 1.807) is 6.20 Å². The van der Waals surface area contributed by atoms with Gasteiger partial charge in [-0.3, -0.25) is 9.69 Å². The smallest absolute Gasteiger partial charge is 0.236 e. The molecule has 1 N–H and O–H groups in total. The summed E-state index contributed by atoms with van der Waals surface area (Å²) in [5, 5.41) is 3.20. The molecule has 27 heavy (non-hydrogen) atoms. The first-order valence-corrected chi connectivity index (χ1v) is 9.46. The first-order chi connectivity index (χ1) is 13.2. The molecule has 2 aromatic rings. The van der Waals surface area contributed by atoms with Crippen molar-refractivity contribution < 1.29 is 9.53 Å². The normalized spacial score (nSPS) is 17.5. The van der Waals surface area contributed by atoms with E-state index in [0.29, 0.717) is 19.7 Å². The van der Waals surface area contributed by atoms with E-state index < -0.39 is 0 Å². The van der Waals surface area contributed by atoms with Crippen LogP contribution in [0.25, 0.3) is 0 Å². The topological polar surface area (TPSA) is 70.6 Å². The highest BCUT2D eigenvalue weighted by molar-refractivity contribution is 5.78. The Morgan fingerprint density at radius 2 is 2.04 bits per heavy atom. The highest BCUT2D eigenvalue weighted by atomic mass is 16.5. The maximum absolute atomic E-state index is 12.4. The minimum Gasteiger partial charge on any atom is -0.369 e. The quantitative estimate of drug-likeness (QED) is 0.808. The van der Waals surface area contributed by atoms with Crippen LogP contribution in [0.4, 0.5) is 11.6 Å². The van der Waals surface area contributed by atoms with Gasteiger partial charge in [-0.05, 0) is 38.1 Å². The maximum Gasteiger partial charge on any atom is 0.236 e. The molecule has 1 aliphatic rings. The molecular weight excluding hydrogens is 342 g/mol. The Morgan fingerprint density at radius 3 is 2.78 bits per heavy atom. The molecule has 144 valence electrons. The van der Waals surface area contributed by atoms with E-state index in [2.05, 4.69) is 20.2 Å². The van der Waals surface area contributed by atoms with Gasteiger partial charge in [-0.2, -0.15) is 0 Å². The number of nitrogens with zero attached hydrogens (tertiary/aromatic N) is 4. The summed E-state index contributed by atoms with van der Waals surface area (Å²) in [6.45, 7) is 7.93. The van der Waals surface area contributed by atoms with Crippen molar-refractivity contribution in [2.75, 3.05) is 44.6 Å². The van der Waals surface area contributed by atoms with Crippen LogP contribution in [-0.2, 0) is 9.53 Å². The molecular formula is C20H27N5O2. The molecule has 0 radical (unpaired) electrons. The number of ether oxygens (including phenoxy) is 1. The number of carbonyl (C=O) groups excluding carboxylic acids is 1. The van der Waals surface area contributed by atoms with Crippen molar-refractivity contribution in [3.05, 3.63) is 48.3 Å². The van der Waals surface area contributed by atoms with Gasteiger partial charge < -0.3 is 15.0 Å². The average molecular weight is 369 g/mol. The Morgan fingerprint density at radius 1 is 1.22 bits per heavy atom. The summed E-state index contributed by atoms with van der Waals surface area (Å²) in [5.41, 5.74) is 0.857. The van der Waals surface area contributed by atoms with Crippen LogP contribution in [0.1, 0.15) is 25.6 Å². The van der Waals surface area contributed by atoms with Gasteiger partial charge in [0.2, 0.25) is 5.91 Å². The second-order valence-corrected chi connectivity index (χ2v) is 6.45. The molecule has 7 nitrogen and oxygen atoms in total. The number of likely N-dealkylation sites (N-methyl/N-ethyl adjacent to an activating group) is 1. The highest BCUT2D eigenvalue weighted by Gasteiger charge is 2.25. The van der Waals surface area contributed by atoms with Crippen molar-refractivity contribution >= 4 is 17.5 Å². The summed E-state index contributed by atoms with van der Waals surface area (Å²) in [5.74, 6) is 1.64. The summed E-state index contributed by atoms with van der Waals surface area (Å²) in [4.78, 5) is 25.3. The van der Waals surface area contributed by atoms with Crippen molar-refractivity contribution in [1.29, 1.82) is 0 Å². The minimum atomic E-state index is -0.145. The fourth-order valence-electron chi connectivity index (χ4n) is 3.16. The van der Waals surface area contributed by atoms with Gasteiger partial charge >= 0.3 is 0 Å². The van der Waals surface area contributed by atoms with E-state index in [9.17, 15) is 4.79 Å². The van der Waals surface area contributed by atoms with E-state index in [1.807, 2.05) is 55.1 Å². The Kier molecular flexibility index (Phi) is 6.73. The van der Waals surface area contributed by atoms with Crippen LogP contribution in [0, 0.1) is 0 Å². The van der Waals surface area contributed by atoms with Crippen LogP contribution in [0.3, 0.4) is 0 Å². The van der Waals surface area contributed by atoms with E-state index in [-0.39, 0.29) is 12.0 Å². The lowest BCUT2D eigenvalue weighted by Crippen LogP contribution is -2.45. The third kappa shape index (κ3) is 5.24. The average Bonchev–Trinajstić information content (AvgIpc) is 2.70. The zero-order chi connectivity index (χ0) is 19.1. The number of nitrogens with one attached hydrogen (secondary N) is 1. The van der Waals surface area contributed by atoms with Gasteiger partial charge in [-0.1, -0.05) is 12.1 Å². The van der Waals surface area contributed by atoms with Crippen molar-refractivity contribution in [3.8, 4) is 0 Å². The second kappa shape index (κ2) is 9.43. The molecule has 7 heteroatoms. The van der Waals surface area contributed by atoms with Gasteiger partial charge in [0.1, 0.15) is 17.7 Å². The number of hydrogen-bond acceptors (Lipinski definition) is 6. The number of morpholine rings is 1. The van der Waals surface area contributed by atoms with Crippen molar-refractivity contribution in [2.45, 2.75) is 20.0 Å². The van der Waals surface area contributed by atoms with E-state index in [1.165, 1.54) is 0 Å². The zero-order valence-electron chi connectivity index (χ0n) is 16.0. The highest BCUT2D eigenvalue weighted by Crippen LogP contribution is 2.22. The summed E-state index contributed by atoms with van der Waals surface area (Å²) < 4.78 is 5.92. The fourth-order valence-corrected chi connectivity index (χ4v) is 3.16. The Balaban J connectivity index is 1.64. The van der Waals surface area contributed by atoms with Gasteiger partial charge in [-0.25, -0.2) is 9.97 Å². The predicted molar refractivity (Wildman–Crippen MR) is 105 cm³/mol. The maximum atomic E-state index is 12.4. The first kappa shape index (κ1) is 19.3. The van der Waals surface area contributed by atoms with Gasteiger partial charge in [0.15, 0.2) is 0 Å². The summed E-state index contributed by atoms with van der Waals surface area (Å²) in [6.07, 6.45) is 1.59. The Hall–Kier alpha value is -2.51. The van der Waals surface area contributed by atoms with Crippen LogP contribution < -0.4 is 5.32 Å². The second-order valence-electron chi connectivity index (χ2n) is 6.45. The number of aromatic nitrogens is 2. The molecule has 0 saturated carbocycles. The molecule has 0 unspecified atom stereocenters. The van der Waals surface area contributed by atoms with Crippen LogP contribution >= 0.6 is 0 Å². The molecule has 3 heterocycles. The standard InChI is InChI=1S/C20H27N5O2/c1-3-25(4-2)20(26)15-24-12-13-27-17(14-24)16-8-7-10-19(22-16)23-18-9-5-6-11-21-18/h5-11,17H,3-4,12-15H2,1-2H3,(H,21,22,23)/t17-/m0/s1. The van der Waals surface area contributed by atoms with Gasteiger partial charge in [-0.15, -0.1) is 0 Å². The van der Waals surface area contributed by atoms with Crippen molar-refractivity contribution in [1.82, 2.24) is 19.8 Å². The molecule has 3 rings (SSSR count). The third-order valence-electron chi connectivity index (χ3n) is 4.65. The Bertz CT molecular complexity index is 736. The van der Waals surface area contributed by atoms with Crippen molar-refractivity contribution in [2.24, 2.45) is 0 Å². The Labute approximate surface area is 160 Å². The third-order valence-corrected chi connectivity index (χ3v) is 4.65. The molecule has 1 amide bonds. The lowest BCUT2D eigenvalue weighted by Gasteiger charge is -2.33. The van der Waals surface area contributed by atoms with E-state index in [4.69, 9.17) is 4.74 Å².